The number of rotatable bonds is 6. The lowest BCUT2D eigenvalue weighted by Crippen LogP contribution is -2.31. The molecule has 0 atom stereocenters. The van der Waals surface area contributed by atoms with Crippen molar-refractivity contribution < 1.29 is 18.7 Å². The van der Waals surface area contributed by atoms with Gasteiger partial charge in [-0.2, -0.15) is 0 Å². The zero-order valence-corrected chi connectivity index (χ0v) is 19.3. The van der Waals surface area contributed by atoms with Crippen LogP contribution in [0.2, 0.25) is 0 Å². The van der Waals surface area contributed by atoms with Crippen LogP contribution in [0.15, 0.2) is 58.9 Å². The Labute approximate surface area is 194 Å². The highest BCUT2D eigenvalue weighted by atomic mass is 16.5. The van der Waals surface area contributed by atoms with Crippen molar-refractivity contribution in [2.24, 2.45) is 0 Å². The van der Waals surface area contributed by atoms with Gasteiger partial charge in [0.25, 0.3) is 0 Å². The van der Waals surface area contributed by atoms with E-state index in [1.807, 2.05) is 43.3 Å². The summed E-state index contributed by atoms with van der Waals surface area (Å²) in [6.07, 6.45) is 3.49. The van der Waals surface area contributed by atoms with Crippen molar-refractivity contribution in [3.63, 3.8) is 0 Å². The Morgan fingerprint density at radius 2 is 1.91 bits per heavy atom. The van der Waals surface area contributed by atoms with Crippen molar-refractivity contribution in [1.29, 1.82) is 0 Å². The summed E-state index contributed by atoms with van der Waals surface area (Å²) in [7, 11) is 0. The molecule has 0 aliphatic carbocycles. The van der Waals surface area contributed by atoms with Crippen LogP contribution in [0.25, 0.3) is 6.08 Å². The molecule has 2 aromatic carbocycles. The number of nitrogens with zero attached hydrogens (tertiary/aromatic N) is 2. The Kier molecular flexibility index (Phi) is 5.68. The molecule has 0 saturated carbocycles. The van der Waals surface area contributed by atoms with Gasteiger partial charge in [-0.1, -0.05) is 12.1 Å². The van der Waals surface area contributed by atoms with Crippen molar-refractivity contribution in [3.05, 3.63) is 82.5 Å². The van der Waals surface area contributed by atoms with Crippen LogP contribution in [-0.2, 0) is 13.1 Å². The fraction of sp³-hybridized carbons (Fsp3) is 0.296. The number of hydrogen-bond donors (Lipinski definition) is 0. The monoisotopic (exact) mass is 444 g/mol. The fourth-order valence-corrected chi connectivity index (χ4v) is 4.52. The van der Waals surface area contributed by atoms with Gasteiger partial charge in [-0.05, 0) is 68.3 Å². The Hall–Kier alpha value is -3.51. The molecule has 0 N–H and O–H groups in total. The minimum atomic E-state index is -0.0822. The topological polar surface area (TPSA) is 55.1 Å². The maximum Gasteiger partial charge on any atom is 0.232 e. The van der Waals surface area contributed by atoms with Gasteiger partial charge in [-0.3, -0.25) is 9.69 Å². The molecule has 0 fully saturated rings. The van der Waals surface area contributed by atoms with E-state index in [1.54, 1.807) is 6.26 Å². The molecule has 3 heterocycles. The van der Waals surface area contributed by atoms with Gasteiger partial charge in [-0.15, -0.1) is 0 Å². The second-order valence-electron chi connectivity index (χ2n) is 8.42. The average molecular weight is 445 g/mol. The van der Waals surface area contributed by atoms with Crippen LogP contribution >= 0.6 is 0 Å². The van der Waals surface area contributed by atoms with Crippen LogP contribution < -0.4 is 14.4 Å². The smallest absolute Gasteiger partial charge is 0.232 e. The molecule has 0 bridgehead atoms. The van der Waals surface area contributed by atoms with E-state index < -0.39 is 0 Å². The summed E-state index contributed by atoms with van der Waals surface area (Å²) in [6, 6.07) is 14.0. The maximum absolute atomic E-state index is 13.2. The summed E-state index contributed by atoms with van der Waals surface area (Å²) in [5.74, 6) is 2.53. The highest BCUT2D eigenvalue weighted by Crippen LogP contribution is 2.44. The molecular weight excluding hydrogens is 416 g/mol. The Balaban J connectivity index is 1.42. The summed E-state index contributed by atoms with van der Waals surface area (Å²) in [4.78, 5) is 17.7. The predicted octanol–water partition coefficient (Wildman–Crippen LogP) is 5.40. The van der Waals surface area contributed by atoms with Gasteiger partial charge in [0, 0.05) is 25.3 Å². The third-order valence-corrected chi connectivity index (χ3v) is 6.27. The molecule has 0 radical (unpaired) electrons. The molecule has 0 unspecified atom stereocenters. The predicted molar refractivity (Wildman–Crippen MR) is 128 cm³/mol. The molecule has 33 heavy (non-hydrogen) atoms. The lowest BCUT2D eigenvalue weighted by atomic mass is 9.98. The summed E-state index contributed by atoms with van der Waals surface area (Å²) < 4.78 is 17.7. The normalized spacial score (nSPS) is 16.3. The first-order valence-electron chi connectivity index (χ1n) is 11.4. The first kappa shape index (κ1) is 21.3. The second-order valence-corrected chi connectivity index (χ2v) is 8.42. The molecule has 170 valence electrons. The van der Waals surface area contributed by atoms with Crippen molar-refractivity contribution in [2.75, 3.05) is 24.7 Å². The van der Waals surface area contributed by atoms with E-state index in [0.717, 1.165) is 41.3 Å². The number of fused-ring (bicyclic) bond motifs is 3. The molecule has 2 aliphatic heterocycles. The number of ether oxygens (including phenoxy) is 2. The summed E-state index contributed by atoms with van der Waals surface area (Å²) in [6.45, 7) is 9.84. The maximum atomic E-state index is 13.2. The number of furan rings is 1. The SMILES string of the molecule is CCN(CC)c1ccc(/C=C2\Oc3c4c(cc(C)c3C2=O)OCN(Cc2ccco2)C4)cc1. The minimum Gasteiger partial charge on any atom is -0.478 e. The third-order valence-electron chi connectivity index (χ3n) is 6.27. The van der Waals surface area contributed by atoms with E-state index in [-0.39, 0.29) is 5.78 Å². The van der Waals surface area contributed by atoms with Gasteiger partial charge < -0.3 is 18.8 Å². The first-order chi connectivity index (χ1) is 16.1. The zero-order chi connectivity index (χ0) is 22.9. The first-order valence-corrected chi connectivity index (χ1v) is 11.4. The van der Waals surface area contributed by atoms with Crippen LogP contribution in [0, 0.1) is 6.92 Å². The Bertz CT molecular complexity index is 1190. The van der Waals surface area contributed by atoms with E-state index in [4.69, 9.17) is 13.9 Å². The molecule has 5 rings (SSSR count). The average Bonchev–Trinajstić information content (AvgIpc) is 3.45. The molecule has 0 amide bonds. The molecule has 1 aromatic heterocycles. The summed E-state index contributed by atoms with van der Waals surface area (Å²) >= 11 is 0. The fourth-order valence-electron chi connectivity index (χ4n) is 4.52. The number of anilines is 1. The lowest BCUT2D eigenvalue weighted by Gasteiger charge is -2.29. The number of aryl methyl sites for hydroxylation is 1. The van der Waals surface area contributed by atoms with Gasteiger partial charge >= 0.3 is 0 Å². The van der Waals surface area contributed by atoms with Gasteiger partial charge in [0.05, 0.1) is 23.9 Å². The van der Waals surface area contributed by atoms with Gasteiger partial charge in [-0.25, -0.2) is 0 Å². The molecule has 3 aromatic rings. The number of allylic oxidation sites excluding steroid dienone is 1. The zero-order valence-electron chi connectivity index (χ0n) is 19.3. The van der Waals surface area contributed by atoms with Crippen LogP contribution in [0.4, 0.5) is 5.69 Å². The highest BCUT2D eigenvalue weighted by molar-refractivity contribution is 6.15. The number of hydrogen-bond acceptors (Lipinski definition) is 6. The summed E-state index contributed by atoms with van der Waals surface area (Å²) in [5.41, 5.74) is 4.51. The lowest BCUT2D eigenvalue weighted by molar-refractivity contribution is 0.0809. The van der Waals surface area contributed by atoms with E-state index in [1.165, 1.54) is 5.69 Å². The van der Waals surface area contributed by atoms with Gasteiger partial charge in [0.1, 0.15) is 24.0 Å². The van der Waals surface area contributed by atoms with E-state index >= 15 is 0 Å². The van der Waals surface area contributed by atoms with E-state index in [0.29, 0.717) is 36.9 Å². The quantitative estimate of drug-likeness (QED) is 0.475. The summed E-state index contributed by atoms with van der Waals surface area (Å²) in [5, 5.41) is 0. The van der Waals surface area contributed by atoms with Crippen molar-refractivity contribution in [3.8, 4) is 11.5 Å². The number of benzene rings is 2. The van der Waals surface area contributed by atoms with E-state index in [9.17, 15) is 4.79 Å². The van der Waals surface area contributed by atoms with Gasteiger partial charge in [0.2, 0.25) is 5.78 Å². The van der Waals surface area contributed by atoms with Gasteiger partial charge in [0.15, 0.2) is 5.76 Å². The number of carbonyl (C=O) groups is 1. The minimum absolute atomic E-state index is 0.0822. The van der Waals surface area contributed by atoms with Crippen LogP contribution in [0.5, 0.6) is 11.5 Å². The van der Waals surface area contributed by atoms with Crippen LogP contribution in [0.3, 0.4) is 0 Å². The standard InChI is InChI=1S/C27H28N2O4/c1-4-29(5-2)20-10-8-19(9-11-20)14-24-26(30)25-18(3)13-23-22(27(25)33-24)16-28(17-32-23)15-21-7-6-12-31-21/h6-14H,4-5,15-17H2,1-3H3/b24-14-. The number of carbonyl (C=O) groups excluding carboxylic acids is 1. The third kappa shape index (κ3) is 4.02. The largest absolute Gasteiger partial charge is 0.478 e. The van der Waals surface area contributed by atoms with Crippen LogP contribution in [0.1, 0.15) is 46.7 Å². The number of Topliss-reactive ketones (excluding diaryl/α,β-unsaturated/α-hetero) is 1. The number of ketones is 1. The van der Waals surface area contributed by atoms with Crippen molar-refractivity contribution in [1.82, 2.24) is 4.90 Å². The molecule has 6 nitrogen and oxygen atoms in total. The molecule has 0 spiro atoms. The molecular formula is C27H28N2O4. The molecule has 2 aliphatic rings. The Morgan fingerprint density at radius 3 is 2.61 bits per heavy atom. The second kappa shape index (κ2) is 8.79. The highest BCUT2D eigenvalue weighted by Gasteiger charge is 2.35. The molecule has 6 heteroatoms. The van der Waals surface area contributed by atoms with Crippen molar-refractivity contribution >= 4 is 17.5 Å². The Morgan fingerprint density at radius 1 is 1.12 bits per heavy atom. The van der Waals surface area contributed by atoms with Crippen LogP contribution in [-0.4, -0.2) is 30.5 Å². The van der Waals surface area contributed by atoms with E-state index in [2.05, 4.69) is 35.8 Å². The van der Waals surface area contributed by atoms with Crippen molar-refractivity contribution in [2.45, 2.75) is 33.9 Å². The molecule has 0 saturated heterocycles.